The Morgan fingerprint density at radius 1 is 1.24 bits per heavy atom. The van der Waals surface area contributed by atoms with E-state index in [1.54, 1.807) is 12.1 Å². The number of Topliss-reactive ketones (excluding diaryl/α,β-unsaturated/α-hetero) is 1. The van der Waals surface area contributed by atoms with Gasteiger partial charge in [0.2, 0.25) is 0 Å². The lowest BCUT2D eigenvalue weighted by Crippen LogP contribution is -2.21. The van der Waals surface area contributed by atoms with Crippen molar-refractivity contribution in [3.63, 3.8) is 0 Å². The average molecular weight is 340 g/mol. The quantitative estimate of drug-likeness (QED) is 0.732. The van der Waals surface area contributed by atoms with Crippen molar-refractivity contribution in [2.24, 2.45) is 0 Å². The molecular formula is C20H20O5. The first-order chi connectivity index (χ1) is 11.9. The molecule has 0 aliphatic carbocycles. The lowest BCUT2D eigenvalue weighted by Gasteiger charge is -2.27. The summed E-state index contributed by atoms with van der Waals surface area (Å²) in [6.07, 6.45) is 0.552. The smallest absolute Gasteiger partial charge is 0.174 e. The van der Waals surface area contributed by atoms with Crippen LogP contribution < -0.4 is 4.74 Å². The second-order valence-electron chi connectivity index (χ2n) is 6.38. The first kappa shape index (κ1) is 16.9. The molecule has 0 saturated heterocycles. The number of aromatic hydroxyl groups is 3. The topological polar surface area (TPSA) is 87.0 Å². The molecule has 3 rings (SSSR count). The van der Waals surface area contributed by atoms with E-state index in [-0.39, 0.29) is 40.8 Å². The summed E-state index contributed by atoms with van der Waals surface area (Å²) in [6.45, 7) is 5.67. The van der Waals surface area contributed by atoms with Crippen molar-refractivity contribution in [2.45, 2.75) is 32.3 Å². The van der Waals surface area contributed by atoms with Gasteiger partial charge in [-0.1, -0.05) is 17.7 Å². The van der Waals surface area contributed by atoms with Gasteiger partial charge in [-0.3, -0.25) is 4.79 Å². The summed E-state index contributed by atoms with van der Waals surface area (Å²) < 4.78 is 5.83. The largest absolute Gasteiger partial charge is 0.508 e. The second kappa shape index (κ2) is 6.51. The van der Waals surface area contributed by atoms with Crippen molar-refractivity contribution in [2.75, 3.05) is 0 Å². The third-order valence-electron chi connectivity index (χ3n) is 4.33. The van der Waals surface area contributed by atoms with Gasteiger partial charge in [-0.15, -0.1) is 6.58 Å². The van der Waals surface area contributed by atoms with E-state index in [1.807, 2.05) is 6.92 Å². The lowest BCUT2D eigenvalue weighted by atomic mass is 9.92. The Kier molecular flexibility index (Phi) is 4.40. The van der Waals surface area contributed by atoms with E-state index in [4.69, 9.17) is 4.74 Å². The number of allylic oxidation sites excluding steroid dienone is 1. The van der Waals surface area contributed by atoms with Crippen LogP contribution in [0.15, 0.2) is 42.5 Å². The molecule has 130 valence electrons. The second-order valence-corrected chi connectivity index (χ2v) is 6.38. The summed E-state index contributed by atoms with van der Waals surface area (Å²) in [5, 5.41) is 30.1. The van der Waals surface area contributed by atoms with Crippen LogP contribution >= 0.6 is 0 Å². The van der Waals surface area contributed by atoms with Gasteiger partial charge in [0.15, 0.2) is 5.78 Å². The van der Waals surface area contributed by atoms with Crippen molar-refractivity contribution >= 4 is 5.78 Å². The summed E-state index contributed by atoms with van der Waals surface area (Å²) in [7, 11) is 0. The Morgan fingerprint density at radius 3 is 2.56 bits per heavy atom. The van der Waals surface area contributed by atoms with E-state index in [0.29, 0.717) is 18.4 Å². The minimum atomic E-state index is -0.527. The van der Waals surface area contributed by atoms with Crippen molar-refractivity contribution in [1.82, 2.24) is 0 Å². The van der Waals surface area contributed by atoms with E-state index in [0.717, 1.165) is 11.1 Å². The molecule has 5 heteroatoms. The van der Waals surface area contributed by atoms with Gasteiger partial charge >= 0.3 is 0 Å². The number of carbonyl (C=O) groups is 1. The number of phenols is 3. The summed E-state index contributed by atoms with van der Waals surface area (Å²) in [5.41, 5.74) is 2.11. The summed E-state index contributed by atoms with van der Waals surface area (Å²) >= 11 is 0. The Balaban J connectivity index is 1.95. The van der Waals surface area contributed by atoms with E-state index in [2.05, 4.69) is 6.58 Å². The van der Waals surface area contributed by atoms with Gasteiger partial charge in [0.25, 0.3) is 0 Å². The normalized spacial score (nSPS) is 16.2. The van der Waals surface area contributed by atoms with E-state index >= 15 is 0 Å². The molecule has 0 saturated carbocycles. The number of phenolic OH excluding ortho intramolecular Hbond substituents is 3. The number of benzene rings is 2. The van der Waals surface area contributed by atoms with Crippen molar-refractivity contribution in [3.05, 3.63) is 59.2 Å². The highest BCUT2D eigenvalue weighted by molar-refractivity contribution is 6.03. The fourth-order valence-corrected chi connectivity index (χ4v) is 2.96. The zero-order valence-corrected chi connectivity index (χ0v) is 14.0. The molecular weight excluding hydrogens is 320 g/mol. The number of rotatable bonds is 4. The molecule has 3 N–H and O–H groups in total. The molecule has 1 aliphatic heterocycles. The van der Waals surface area contributed by atoms with Gasteiger partial charge in [-0.05, 0) is 37.5 Å². The Labute approximate surface area is 145 Å². The number of fused-ring (bicyclic) bond motifs is 1. The molecule has 1 aliphatic rings. The molecule has 2 aromatic carbocycles. The Morgan fingerprint density at radius 2 is 1.92 bits per heavy atom. The summed E-state index contributed by atoms with van der Waals surface area (Å²) in [4.78, 5) is 12.6. The summed E-state index contributed by atoms with van der Waals surface area (Å²) in [6, 6.07) is 7.79. The van der Waals surface area contributed by atoms with Crippen LogP contribution in [0.25, 0.3) is 0 Å². The molecule has 0 aromatic heterocycles. The molecule has 0 unspecified atom stereocenters. The zero-order valence-electron chi connectivity index (χ0n) is 14.0. The van der Waals surface area contributed by atoms with Crippen molar-refractivity contribution in [3.8, 4) is 23.0 Å². The Hall–Kier alpha value is -2.95. The number of carbonyl (C=O) groups excluding carboxylic acids is 1. The number of hydrogen-bond acceptors (Lipinski definition) is 5. The van der Waals surface area contributed by atoms with Gasteiger partial charge in [0, 0.05) is 11.6 Å². The predicted octanol–water partition coefficient (Wildman–Crippen LogP) is 4.02. The van der Waals surface area contributed by atoms with Gasteiger partial charge in [-0.25, -0.2) is 0 Å². The zero-order chi connectivity index (χ0) is 18.1. The van der Waals surface area contributed by atoms with Gasteiger partial charge in [0.05, 0.1) is 6.42 Å². The molecule has 0 fully saturated rings. The fraction of sp³-hybridized carbons (Fsp3) is 0.250. The molecule has 2 aromatic rings. The maximum Gasteiger partial charge on any atom is 0.174 e. The van der Waals surface area contributed by atoms with Crippen molar-refractivity contribution in [1.29, 1.82) is 0 Å². The minimum absolute atomic E-state index is 0.0794. The molecule has 25 heavy (non-hydrogen) atoms. The number of ether oxygens (including phenoxy) is 1. The van der Waals surface area contributed by atoms with E-state index in [9.17, 15) is 20.1 Å². The molecule has 5 nitrogen and oxygen atoms in total. The van der Waals surface area contributed by atoms with Crippen LogP contribution in [-0.4, -0.2) is 21.1 Å². The summed E-state index contributed by atoms with van der Waals surface area (Å²) in [5.74, 6) is -0.261. The SMILES string of the molecule is C=C(C)CCc1c(O)cc2c(c1O)C(=O)C[C@@H](c1ccc(O)cc1)O2. The molecule has 1 atom stereocenters. The highest BCUT2D eigenvalue weighted by atomic mass is 16.5. The third kappa shape index (κ3) is 3.31. The van der Waals surface area contributed by atoms with Crippen LogP contribution in [0, 0.1) is 0 Å². The molecule has 0 amide bonds. The van der Waals surface area contributed by atoms with Gasteiger partial charge < -0.3 is 20.1 Å². The fourth-order valence-electron chi connectivity index (χ4n) is 2.96. The first-order valence-electron chi connectivity index (χ1n) is 8.07. The van der Waals surface area contributed by atoms with Crippen molar-refractivity contribution < 1.29 is 24.9 Å². The number of ketones is 1. The first-order valence-corrected chi connectivity index (χ1v) is 8.07. The molecule has 0 bridgehead atoms. The van der Waals surface area contributed by atoms with Gasteiger partial charge in [0.1, 0.15) is 34.7 Å². The predicted molar refractivity (Wildman–Crippen MR) is 93.3 cm³/mol. The van der Waals surface area contributed by atoms with E-state index in [1.165, 1.54) is 18.2 Å². The standard InChI is InChI=1S/C20H20O5/c1-11(2)3-8-14-15(22)9-18-19(20(14)24)16(23)10-17(25-18)12-4-6-13(21)7-5-12/h4-7,9,17,21-22,24H,1,3,8,10H2,2H3/t17-/m0/s1. The molecule has 0 radical (unpaired) electrons. The highest BCUT2D eigenvalue weighted by Gasteiger charge is 2.32. The van der Waals surface area contributed by atoms with Crippen LogP contribution in [0.5, 0.6) is 23.0 Å². The van der Waals surface area contributed by atoms with Crippen LogP contribution in [0.4, 0.5) is 0 Å². The minimum Gasteiger partial charge on any atom is -0.508 e. The highest BCUT2D eigenvalue weighted by Crippen LogP contribution is 2.45. The molecule has 0 spiro atoms. The maximum absolute atomic E-state index is 12.6. The van der Waals surface area contributed by atoms with Gasteiger partial charge in [-0.2, -0.15) is 0 Å². The average Bonchev–Trinajstić information content (AvgIpc) is 2.54. The lowest BCUT2D eigenvalue weighted by molar-refractivity contribution is 0.0844. The van der Waals surface area contributed by atoms with Crippen LogP contribution in [0.2, 0.25) is 0 Å². The molecule has 1 heterocycles. The van der Waals surface area contributed by atoms with Crippen LogP contribution in [0.1, 0.15) is 47.4 Å². The number of hydrogen-bond donors (Lipinski definition) is 3. The Bertz CT molecular complexity index is 836. The monoisotopic (exact) mass is 340 g/mol. The maximum atomic E-state index is 12.6. The van der Waals surface area contributed by atoms with E-state index < -0.39 is 6.10 Å². The third-order valence-corrected chi connectivity index (χ3v) is 4.33. The van der Waals surface area contributed by atoms with Crippen LogP contribution in [-0.2, 0) is 6.42 Å². The van der Waals surface area contributed by atoms with Crippen LogP contribution in [0.3, 0.4) is 0 Å².